The molecule has 1 aromatic carbocycles. The van der Waals surface area contributed by atoms with Gasteiger partial charge in [-0.05, 0) is 37.1 Å². The summed E-state index contributed by atoms with van der Waals surface area (Å²) >= 11 is 0. The molecule has 1 fully saturated rings. The van der Waals surface area contributed by atoms with Crippen molar-refractivity contribution in [3.8, 4) is 0 Å². The van der Waals surface area contributed by atoms with Gasteiger partial charge in [0.2, 0.25) is 5.91 Å². The Morgan fingerprint density at radius 3 is 2.84 bits per heavy atom. The van der Waals surface area contributed by atoms with Crippen LogP contribution in [0, 0.1) is 11.6 Å². The number of amides is 1. The van der Waals surface area contributed by atoms with Crippen molar-refractivity contribution in [2.24, 2.45) is 0 Å². The van der Waals surface area contributed by atoms with Crippen LogP contribution in [0.25, 0.3) is 0 Å². The molecular weight excluding hydrogens is 250 g/mol. The predicted molar refractivity (Wildman–Crippen MR) is 68.5 cm³/mol. The average Bonchev–Trinajstić information content (AvgIpc) is 2.73. The third-order valence-corrected chi connectivity index (χ3v) is 3.30. The highest BCUT2D eigenvalue weighted by atomic mass is 19.2. The average molecular weight is 268 g/mol. The van der Waals surface area contributed by atoms with Crippen molar-refractivity contribution in [2.45, 2.75) is 32.4 Å². The SMILES string of the molecule is CCCNC1CCN(Cc2ccc(F)c(F)c2)C1=O. The van der Waals surface area contributed by atoms with E-state index in [4.69, 9.17) is 0 Å². The molecule has 1 heterocycles. The minimum Gasteiger partial charge on any atom is -0.337 e. The van der Waals surface area contributed by atoms with Crippen LogP contribution < -0.4 is 5.32 Å². The molecule has 1 unspecified atom stereocenters. The van der Waals surface area contributed by atoms with Gasteiger partial charge >= 0.3 is 0 Å². The summed E-state index contributed by atoms with van der Waals surface area (Å²) in [6.45, 7) is 3.85. The normalized spacial score (nSPS) is 19.2. The fourth-order valence-electron chi connectivity index (χ4n) is 2.26. The monoisotopic (exact) mass is 268 g/mol. The maximum absolute atomic E-state index is 13.1. The number of nitrogens with zero attached hydrogens (tertiary/aromatic N) is 1. The van der Waals surface area contributed by atoms with Gasteiger partial charge in [-0.25, -0.2) is 8.78 Å². The lowest BCUT2D eigenvalue weighted by molar-refractivity contribution is -0.129. The Bertz CT molecular complexity index is 465. The Hall–Kier alpha value is -1.49. The molecule has 0 saturated carbocycles. The Morgan fingerprint density at radius 1 is 1.37 bits per heavy atom. The zero-order chi connectivity index (χ0) is 13.8. The number of carbonyl (C=O) groups excluding carboxylic acids is 1. The maximum Gasteiger partial charge on any atom is 0.240 e. The highest BCUT2D eigenvalue weighted by Gasteiger charge is 2.30. The van der Waals surface area contributed by atoms with Crippen molar-refractivity contribution in [2.75, 3.05) is 13.1 Å². The van der Waals surface area contributed by atoms with Gasteiger partial charge in [-0.3, -0.25) is 4.79 Å². The summed E-state index contributed by atoms with van der Waals surface area (Å²) in [5.74, 6) is -1.69. The van der Waals surface area contributed by atoms with Gasteiger partial charge in [0.1, 0.15) is 0 Å². The maximum atomic E-state index is 13.1. The van der Waals surface area contributed by atoms with Crippen LogP contribution in [-0.4, -0.2) is 29.9 Å². The molecule has 1 aromatic rings. The van der Waals surface area contributed by atoms with E-state index in [1.807, 2.05) is 6.92 Å². The Morgan fingerprint density at radius 2 is 2.16 bits per heavy atom. The molecule has 104 valence electrons. The summed E-state index contributed by atoms with van der Waals surface area (Å²) in [4.78, 5) is 13.7. The molecule has 0 spiro atoms. The fraction of sp³-hybridized carbons (Fsp3) is 0.500. The molecule has 1 aliphatic rings. The van der Waals surface area contributed by atoms with Gasteiger partial charge in [0.15, 0.2) is 11.6 Å². The van der Waals surface area contributed by atoms with Crippen molar-refractivity contribution in [1.29, 1.82) is 0 Å². The molecule has 0 aromatic heterocycles. The van der Waals surface area contributed by atoms with E-state index in [0.29, 0.717) is 18.7 Å². The number of nitrogens with one attached hydrogen (secondary N) is 1. The van der Waals surface area contributed by atoms with Crippen LogP contribution in [-0.2, 0) is 11.3 Å². The van der Waals surface area contributed by atoms with E-state index in [1.165, 1.54) is 6.07 Å². The van der Waals surface area contributed by atoms with Crippen LogP contribution in [0.4, 0.5) is 8.78 Å². The zero-order valence-electron chi connectivity index (χ0n) is 11.0. The van der Waals surface area contributed by atoms with Crippen LogP contribution in [0.5, 0.6) is 0 Å². The van der Waals surface area contributed by atoms with E-state index in [0.717, 1.165) is 31.5 Å². The third-order valence-electron chi connectivity index (χ3n) is 3.30. The lowest BCUT2D eigenvalue weighted by Gasteiger charge is -2.17. The highest BCUT2D eigenvalue weighted by molar-refractivity contribution is 5.83. The van der Waals surface area contributed by atoms with Crippen molar-refractivity contribution in [1.82, 2.24) is 10.2 Å². The molecule has 1 atom stereocenters. The molecule has 2 rings (SSSR count). The first-order valence-electron chi connectivity index (χ1n) is 6.58. The highest BCUT2D eigenvalue weighted by Crippen LogP contribution is 2.16. The second-order valence-corrected chi connectivity index (χ2v) is 4.80. The minimum atomic E-state index is -0.871. The van der Waals surface area contributed by atoms with Crippen molar-refractivity contribution >= 4 is 5.91 Å². The lowest BCUT2D eigenvalue weighted by atomic mass is 10.2. The van der Waals surface area contributed by atoms with Gasteiger partial charge in [0, 0.05) is 13.1 Å². The molecule has 1 N–H and O–H groups in total. The van der Waals surface area contributed by atoms with Crippen molar-refractivity contribution in [3.05, 3.63) is 35.4 Å². The van der Waals surface area contributed by atoms with Gasteiger partial charge in [0.25, 0.3) is 0 Å². The van der Waals surface area contributed by atoms with Crippen LogP contribution >= 0.6 is 0 Å². The first kappa shape index (κ1) is 13.9. The first-order valence-corrected chi connectivity index (χ1v) is 6.58. The Kier molecular flexibility index (Phi) is 4.47. The zero-order valence-corrected chi connectivity index (χ0v) is 11.0. The molecule has 19 heavy (non-hydrogen) atoms. The van der Waals surface area contributed by atoms with Crippen molar-refractivity contribution < 1.29 is 13.6 Å². The van der Waals surface area contributed by atoms with E-state index in [1.54, 1.807) is 4.90 Å². The van der Waals surface area contributed by atoms with Crippen LogP contribution in [0.3, 0.4) is 0 Å². The van der Waals surface area contributed by atoms with Gasteiger partial charge in [-0.2, -0.15) is 0 Å². The number of likely N-dealkylation sites (tertiary alicyclic amines) is 1. The fourth-order valence-corrected chi connectivity index (χ4v) is 2.26. The number of halogens is 2. The molecule has 1 amide bonds. The number of carbonyl (C=O) groups is 1. The van der Waals surface area contributed by atoms with Gasteiger partial charge < -0.3 is 10.2 Å². The molecular formula is C14H18F2N2O. The van der Waals surface area contributed by atoms with E-state index in [-0.39, 0.29) is 11.9 Å². The second kappa shape index (κ2) is 6.10. The molecule has 0 bridgehead atoms. The van der Waals surface area contributed by atoms with E-state index in [2.05, 4.69) is 5.32 Å². The molecule has 5 heteroatoms. The topological polar surface area (TPSA) is 32.3 Å². The molecule has 1 aliphatic heterocycles. The van der Waals surface area contributed by atoms with E-state index < -0.39 is 11.6 Å². The summed E-state index contributed by atoms with van der Waals surface area (Å²) < 4.78 is 25.9. The van der Waals surface area contributed by atoms with Crippen LogP contribution in [0.15, 0.2) is 18.2 Å². The van der Waals surface area contributed by atoms with Crippen LogP contribution in [0.1, 0.15) is 25.3 Å². The first-order chi connectivity index (χ1) is 9.11. The van der Waals surface area contributed by atoms with Gasteiger partial charge in [-0.15, -0.1) is 0 Å². The second-order valence-electron chi connectivity index (χ2n) is 4.80. The van der Waals surface area contributed by atoms with E-state index >= 15 is 0 Å². The Balaban J connectivity index is 1.96. The summed E-state index contributed by atoms with van der Waals surface area (Å²) in [6.07, 6.45) is 1.75. The number of hydrogen-bond donors (Lipinski definition) is 1. The minimum absolute atomic E-state index is 0.0400. The number of hydrogen-bond acceptors (Lipinski definition) is 2. The third kappa shape index (κ3) is 3.29. The Labute approximate surface area is 111 Å². The van der Waals surface area contributed by atoms with E-state index in [9.17, 15) is 13.6 Å². The number of benzene rings is 1. The largest absolute Gasteiger partial charge is 0.337 e. The quantitative estimate of drug-likeness (QED) is 0.886. The summed E-state index contributed by atoms with van der Waals surface area (Å²) in [5, 5.41) is 3.19. The van der Waals surface area contributed by atoms with Crippen LogP contribution in [0.2, 0.25) is 0 Å². The molecule has 0 aliphatic carbocycles. The lowest BCUT2D eigenvalue weighted by Crippen LogP contribution is -2.38. The molecule has 0 radical (unpaired) electrons. The van der Waals surface area contributed by atoms with Crippen molar-refractivity contribution in [3.63, 3.8) is 0 Å². The molecule has 3 nitrogen and oxygen atoms in total. The standard InChI is InChI=1S/C14H18F2N2O/c1-2-6-17-13-5-7-18(14(13)19)9-10-3-4-11(15)12(16)8-10/h3-4,8,13,17H,2,5-7,9H2,1H3. The summed E-state index contributed by atoms with van der Waals surface area (Å²) in [6, 6.07) is 3.62. The summed E-state index contributed by atoms with van der Waals surface area (Å²) in [7, 11) is 0. The number of rotatable bonds is 5. The van der Waals surface area contributed by atoms with Gasteiger partial charge in [0.05, 0.1) is 6.04 Å². The predicted octanol–water partition coefficient (Wildman–Crippen LogP) is 2.07. The smallest absolute Gasteiger partial charge is 0.240 e. The summed E-state index contributed by atoms with van der Waals surface area (Å²) in [5.41, 5.74) is 0.614. The van der Waals surface area contributed by atoms with Gasteiger partial charge in [-0.1, -0.05) is 13.0 Å². The molecule has 1 saturated heterocycles.